The predicted molar refractivity (Wildman–Crippen MR) is 126 cm³/mol. The molecule has 2 heterocycles. The van der Waals surface area contributed by atoms with Gasteiger partial charge in [-0.2, -0.15) is 0 Å². The van der Waals surface area contributed by atoms with Gasteiger partial charge in [-0.15, -0.1) is 0 Å². The number of imide groups is 1. The van der Waals surface area contributed by atoms with Crippen molar-refractivity contribution >= 4 is 35.1 Å². The van der Waals surface area contributed by atoms with E-state index in [0.717, 1.165) is 43.4 Å². The molecule has 0 aromatic heterocycles. The summed E-state index contributed by atoms with van der Waals surface area (Å²) in [6.07, 6.45) is 4.29. The summed E-state index contributed by atoms with van der Waals surface area (Å²) >= 11 is 0. The van der Waals surface area contributed by atoms with Crippen LogP contribution in [0.3, 0.4) is 0 Å². The number of carbonyl (C=O) groups is 4. The van der Waals surface area contributed by atoms with Gasteiger partial charge in [0.1, 0.15) is 5.75 Å². The number of aryl methyl sites for hydroxylation is 1. The first-order valence-electron chi connectivity index (χ1n) is 12.1. The molecule has 2 aliphatic heterocycles. The highest BCUT2D eigenvalue weighted by Gasteiger charge is 2.48. The topological polar surface area (TPSA) is 84.0 Å². The van der Waals surface area contributed by atoms with E-state index in [1.165, 1.54) is 4.90 Å². The van der Waals surface area contributed by atoms with Crippen LogP contribution in [0.5, 0.6) is 5.75 Å². The van der Waals surface area contributed by atoms with Crippen molar-refractivity contribution in [3.8, 4) is 5.75 Å². The zero-order chi connectivity index (χ0) is 23.8. The molecule has 7 nitrogen and oxygen atoms in total. The number of hydrogen-bond donors (Lipinski definition) is 0. The van der Waals surface area contributed by atoms with Crippen LogP contribution in [0.4, 0.5) is 11.4 Å². The second-order valence-corrected chi connectivity index (χ2v) is 9.32. The van der Waals surface area contributed by atoms with E-state index in [1.807, 2.05) is 31.2 Å². The zero-order valence-corrected chi connectivity index (χ0v) is 19.2. The highest BCUT2D eigenvalue weighted by Crippen LogP contribution is 2.40. The van der Waals surface area contributed by atoms with Crippen molar-refractivity contribution in [3.63, 3.8) is 0 Å². The van der Waals surface area contributed by atoms with Crippen LogP contribution in [-0.2, 0) is 25.6 Å². The van der Waals surface area contributed by atoms with E-state index in [-0.39, 0.29) is 48.3 Å². The van der Waals surface area contributed by atoms with Gasteiger partial charge in [0.25, 0.3) is 0 Å². The summed E-state index contributed by atoms with van der Waals surface area (Å²) < 4.78 is 5.61. The SMILES string of the molecule is CCc1ccccc1N1C[C@H](C(=O)Oc2cccc(N3C(=O)[C@H]4CCCC[C@@H]4C3=O)c2)CC1=O. The molecule has 7 heteroatoms. The predicted octanol–water partition coefficient (Wildman–Crippen LogP) is 3.89. The summed E-state index contributed by atoms with van der Waals surface area (Å²) in [5.41, 5.74) is 2.31. The molecule has 0 radical (unpaired) electrons. The van der Waals surface area contributed by atoms with Crippen LogP contribution in [0.25, 0.3) is 0 Å². The van der Waals surface area contributed by atoms with Gasteiger partial charge in [-0.25, -0.2) is 4.90 Å². The van der Waals surface area contributed by atoms with Crippen molar-refractivity contribution in [2.75, 3.05) is 16.3 Å². The van der Waals surface area contributed by atoms with Crippen LogP contribution in [0.15, 0.2) is 48.5 Å². The number of amides is 3. The molecule has 176 valence electrons. The monoisotopic (exact) mass is 460 g/mol. The highest BCUT2D eigenvalue weighted by atomic mass is 16.5. The van der Waals surface area contributed by atoms with Crippen LogP contribution >= 0.6 is 0 Å². The molecule has 3 aliphatic rings. The van der Waals surface area contributed by atoms with E-state index < -0.39 is 11.9 Å². The first-order chi connectivity index (χ1) is 16.5. The Balaban J connectivity index is 1.30. The largest absolute Gasteiger partial charge is 0.426 e. The summed E-state index contributed by atoms with van der Waals surface area (Å²) in [5.74, 6) is -1.73. The van der Waals surface area contributed by atoms with Crippen molar-refractivity contribution in [1.29, 1.82) is 0 Å². The Bertz CT molecular complexity index is 1140. The van der Waals surface area contributed by atoms with E-state index in [2.05, 4.69) is 0 Å². The molecule has 2 saturated heterocycles. The molecule has 2 aromatic carbocycles. The second-order valence-electron chi connectivity index (χ2n) is 9.32. The molecule has 0 spiro atoms. The second kappa shape index (κ2) is 9.05. The average molecular weight is 461 g/mol. The van der Waals surface area contributed by atoms with Crippen molar-refractivity contribution < 1.29 is 23.9 Å². The number of carbonyl (C=O) groups excluding carboxylic acids is 4. The van der Waals surface area contributed by atoms with Gasteiger partial charge < -0.3 is 9.64 Å². The van der Waals surface area contributed by atoms with Crippen LogP contribution in [0.2, 0.25) is 0 Å². The van der Waals surface area contributed by atoms with E-state index in [0.29, 0.717) is 5.69 Å². The zero-order valence-electron chi connectivity index (χ0n) is 19.2. The minimum atomic E-state index is -0.584. The Morgan fingerprint density at radius 3 is 2.38 bits per heavy atom. The Hall–Kier alpha value is -3.48. The van der Waals surface area contributed by atoms with Crippen molar-refractivity contribution in [2.24, 2.45) is 17.8 Å². The lowest BCUT2D eigenvalue weighted by atomic mass is 9.81. The Kier molecular flexibility index (Phi) is 5.94. The third-order valence-electron chi connectivity index (χ3n) is 7.26. The molecule has 0 unspecified atom stereocenters. The summed E-state index contributed by atoms with van der Waals surface area (Å²) in [5, 5.41) is 0. The molecule has 1 aliphatic carbocycles. The summed E-state index contributed by atoms with van der Waals surface area (Å²) in [4.78, 5) is 54.3. The number of para-hydroxylation sites is 1. The molecule has 5 rings (SSSR count). The maximum absolute atomic E-state index is 12.9. The number of nitrogens with zero attached hydrogens (tertiary/aromatic N) is 2. The summed E-state index contributed by atoms with van der Waals surface area (Å²) in [7, 11) is 0. The lowest BCUT2D eigenvalue weighted by Crippen LogP contribution is -2.31. The van der Waals surface area contributed by atoms with Gasteiger partial charge in [0.15, 0.2) is 0 Å². The van der Waals surface area contributed by atoms with Crippen LogP contribution in [0, 0.1) is 17.8 Å². The number of rotatable bonds is 5. The number of esters is 1. The first kappa shape index (κ1) is 22.3. The number of fused-ring (bicyclic) bond motifs is 1. The maximum atomic E-state index is 12.9. The van der Waals surface area contributed by atoms with Crippen molar-refractivity contribution in [3.05, 3.63) is 54.1 Å². The van der Waals surface area contributed by atoms with Gasteiger partial charge >= 0.3 is 5.97 Å². The molecule has 1 saturated carbocycles. The molecule has 0 N–H and O–H groups in total. The Morgan fingerprint density at radius 2 is 1.68 bits per heavy atom. The number of ether oxygens (including phenoxy) is 1. The highest BCUT2D eigenvalue weighted by molar-refractivity contribution is 6.22. The molecular formula is C27H28N2O5. The lowest BCUT2D eigenvalue weighted by molar-refractivity contribution is -0.139. The van der Waals surface area contributed by atoms with Gasteiger partial charge in [0.2, 0.25) is 17.7 Å². The standard InChI is InChI=1S/C27H28N2O5/c1-2-17-8-3-6-13-23(17)28-16-18(14-24(28)30)27(33)34-20-10-7-9-19(15-20)29-25(31)21-11-4-5-12-22(21)26(29)32/h3,6-10,13,15,18,21-22H,2,4-5,11-12,14,16H2,1H3/t18-,21+,22+/m1/s1. The minimum absolute atomic E-state index is 0.0863. The fourth-order valence-electron chi connectivity index (χ4n) is 5.47. The Labute approximate surface area is 198 Å². The van der Waals surface area contributed by atoms with Crippen molar-refractivity contribution in [2.45, 2.75) is 45.4 Å². The van der Waals surface area contributed by atoms with Crippen LogP contribution < -0.4 is 14.5 Å². The van der Waals surface area contributed by atoms with Gasteiger partial charge in [-0.05, 0) is 43.0 Å². The first-order valence-corrected chi connectivity index (χ1v) is 12.1. The molecule has 34 heavy (non-hydrogen) atoms. The van der Waals surface area contributed by atoms with Gasteiger partial charge in [0, 0.05) is 24.7 Å². The number of anilines is 2. The Morgan fingerprint density at radius 1 is 0.971 bits per heavy atom. The maximum Gasteiger partial charge on any atom is 0.316 e. The van der Waals surface area contributed by atoms with Crippen molar-refractivity contribution in [1.82, 2.24) is 0 Å². The lowest BCUT2D eigenvalue weighted by Gasteiger charge is -2.20. The smallest absolute Gasteiger partial charge is 0.316 e. The van der Waals surface area contributed by atoms with Gasteiger partial charge in [0.05, 0.1) is 23.4 Å². The molecule has 0 bridgehead atoms. The fourth-order valence-corrected chi connectivity index (χ4v) is 5.47. The molecule has 3 fully saturated rings. The summed E-state index contributed by atoms with van der Waals surface area (Å²) in [6.45, 7) is 2.30. The number of benzene rings is 2. The average Bonchev–Trinajstić information content (AvgIpc) is 3.36. The minimum Gasteiger partial charge on any atom is -0.426 e. The number of hydrogen-bond acceptors (Lipinski definition) is 5. The van der Waals surface area contributed by atoms with Gasteiger partial charge in [-0.3, -0.25) is 19.2 Å². The third kappa shape index (κ3) is 3.89. The van der Waals surface area contributed by atoms with Crippen LogP contribution in [0.1, 0.15) is 44.6 Å². The molecule has 3 amide bonds. The van der Waals surface area contributed by atoms with Gasteiger partial charge in [-0.1, -0.05) is 44.0 Å². The van der Waals surface area contributed by atoms with E-state index in [4.69, 9.17) is 4.74 Å². The van der Waals surface area contributed by atoms with E-state index >= 15 is 0 Å². The van der Waals surface area contributed by atoms with E-state index in [1.54, 1.807) is 29.2 Å². The summed E-state index contributed by atoms with van der Waals surface area (Å²) in [6, 6.07) is 14.2. The molecule has 2 aromatic rings. The quantitative estimate of drug-likeness (QED) is 0.384. The van der Waals surface area contributed by atoms with Crippen LogP contribution in [-0.4, -0.2) is 30.2 Å². The normalized spacial score (nSPS) is 24.5. The molecule has 3 atom stereocenters. The molecular weight excluding hydrogens is 432 g/mol. The fraction of sp³-hybridized carbons (Fsp3) is 0.407. The third-order valence-corrected chi connectivity index (χ3v) is 7.26. The van der Waals surface area contributed by atoms with E-state index in [9.17, 15) is 19.2 Å².